The first-order valence-corrected chi connectivity index (χ1v) is 15.1. The minimum atomic E-state index is -1.19. The van der Waals surface area contributed by atoms with Crippen molar-refractivity contribution >= 4 is 41.6 Å². The minimum Gasteiger partial charge on any atom is -0.754 e. The Morgan fingerprint density at radius 3 is 2.37 bits per heavy atom. The molecule has 1 aliphatic carbocycles. The number of ketones is 1. The number of nitrogens with zero attached hydrogens (tertiary/aromatic N) is 1. The maximum atomic E-state index is 14.4. The van der Waals surface area contributed by atoms with Crippen molar-refractivity contribution in [2.24, 2.45) is 17.8 Å². The van der Waals surface area contributed by atoms with Gasteiger partial charge in [0.2, 0.25) is 0 Å². The van der Waals surface area contributed by atoms with E-state index < -0.39 is 11.9 Å². The number of nitrogens with one attached hydrogen (secondary N) is 3. The summed E-state index contributed by atoms with van der Waals surface area (Å²) in [6.07, 6.45) is 10.3. The minimum absolute atomic E-state index is 0.141. The number of aromatic amines is 3. The number of carbonyl (C=O) groups is 2. The van der Waals surface area contributed by atoms with Crippen LogP contribution in [0.25, 0.3) is 29.9 Å². The van der Waals surface area contributed by atoms with Gasteiger partial charge in [0.1, 0.15) is 5.92 Å². The summed E-state index contributed by atoms with van der Waals surface area (Å²) in [4.78, 5) is 37.9. The number of ether oxygens (including phenoxy) is 1. The summed E-state index contributed by atoms with van der Waals surface area (Å²) >= 11 is 0. The summed E-state index contributed by atoms with van der Waals surface area (Å²) < 4.78 is 5.15. The number of allylic oxidation sites excluding steroid dienone is 2. The Morgan fingerprint density at radius 2 is 1.72 bits per heavy atom. The lowest BCUT2D eigenvalue weighted by atomic mass is 9.85. The molecule has 6 rings (SSSR count). The van der Waals surface area contributed by atoms with Gasteiger partial charge in [-0.15, -0.1) is 0 Å². The normalized spacial score (nSPS) is 23.5. The molecule has 0 unspecified atom stereocenters. The number of H-pyrrole nitrogens is 3. The maximum absolute atomic E-state index is 14.4. The van der Waals surface area contributed by atoms with E-state index in [4.69, 9.17) is 4.74 Å². The Morgan fingerprint density at radius 1 is 1.02 bits per heavy atom. The molecule has 3 N–H and O–H groups in total. The second kappa shape index (κ2) is 10.5. The van der Waals surface area contributed by atoms with Crippen molar-refractivity contribution in [3.63, 3.8) is 0 Å². The van der Waals surface area contributed by atoms with Gasteiger partial charge in [0.25, 0.3) is 0 Å². The van der Waals surface area contributed by atoms with E-state index in [1.165, 1.54) is 12.7 Å². The molecule has 0 amide bonds. The molecule has 8 nitrogen and oxygen atoms in total. The molecule has 3 aliphatic rings. The molecule has 8 heteroatoms. The molecule has 0 saturated carbocycles. The zero-order valence-corrected chi connectivity index (χ0v) is 26.0. The van der Waals surface area contributed by atoms with Gasteiger partial charge >= 0.3 is 5.97 Å². The molecular weight excluding hydrogens is 540 g/mol. The molecular formula is C35H39N4O4-. The van der Waals surface area contributed by atoms with Crippen molar-refractivity contribution in [2.75, 3.05) is 7.11 Å². The van der Waals surface area contributed by atoms with Crippen LogP contribution in [0, 0.1) is 43.7 Å². The maximum Gasteiger partial charge on any atom is 0.321 e. The van der Waals surface area contributed by atoms with Crippen LogP contribution in [0.1, 0.15) is 94.6 Å². The number of hydrogen-bond acceptors (Lipinski definition) is 5. The summed E-state index contributed by atoms with van der Waals surface area (Å²) in [6, 6.07) is 0. The number of aromatic nitrogens is 3. The van der Waals surface area contributed by atoms with E-state index in [1.54, 1.807) is 0 Å². The van der Waals surface area contributed by atoms with Crippen LogP contribution < -0.4 is 10.7 Å². The predicted octanol–water partition coefficient (Wildman–Crippen LogP) is 5.38. The lowest BCUT2D eigenvalue weighted by molar-refractivity contribution is -0.141. The molecule has 1 fully saturated rings. The van der Waals surface area contributed by atoms with Gasteiger partial charge in [-0.25, -0.2) is 0 Å². The fourth-order valence-corrected chi connectivity index (χ4v) is 7.43. The zero-order valence-electron chi connectivity index (χ0n) is 26.0. The summed E-state index contributed by atoms with van der Waals surface area (Å²) in [5.74, 6) is -2.50. The van der Waals surface area contributed by atoms with Crippen LogP contribution >= 0.6 is 0 Å². The summed E-state index contributed by atoms with van der Waals surface area (Å²) in [5, 5.41) is 17.3. The van der Waals surface area contributed by atoms with E-state index in [1.807, 2.05) is 32.1 Å². The largest absolute Gasteiger partial charge is 0.754 e. The second-order valence-electron chi connectivity index (χ2n) is 12.0. The number of esters is 1. The average Bonchev–Trinajstić information content (AvgIpc) is 3.70. The number of fused-ring (bicyclic) bond motifs is 7. The van der Waals surface area contributed by atoms with E-state index in [9.17, 15) is 14.8 Å². The van der Waals surface area contributed by atoms with Crippen molar-refractivity contribution in [3.05, 3.63) is 90.0 Å². The van der Waals surface area contributed by atoms with Crippen molar-refractivity contribution in [1.29, 1.82) is 0 Å². The van der Waals surface area contributed by atoms with Crippen molar-refractivity contribution in [3.8, 4) is 0 Å². The molecule has 3 atom stereocenters. The summed E-state index contributed by atoms with van der Waals surface area (Å²) in [5.41, 5.74) is 10.0. The molecule has 8 bridgehead atoms. The van der Waals surface area contributed by atoms with Gasteiger partial charge in [-0.05, 0) is 74.1 Å². The van der Waals surface area contributed by atoms with Gasteiger partial charge in [-0.3, -0.25) is 9.59 Å². The van der Waals surface area contributed by atoms with Gasteiger partial charge < -0.3 is 30.0 Å². The van der Waals surface area contributed by atoms with Crippen LogP contribution in [-0.4, -0.2) is 38.9 Å². The Labute approximate surface area is 251 Å². The van der Waals surface area contributed by atoms with E-state index in [0.717, 1.165) is 74.4 Å². The third kappa shape index (κ3) is 4.07. The molecule has 3 aromatic rings. The molecule has 3 aromatic heterocycles. The zero-order chi connectivity index (χ0) is 30.9. The fraction of sp³-hybridized carbons (Fsp3) is 0.371. The topological polar surface area (TPSA) is 117 Å². The molecule has 43 heavy (non-hydrogen) atoms. The van der Waals surface area contributed by atoms with Gasteiger partial charge in [-0.2, -0.15) is 0 Å². The number of hydroxylamine groups is 2. The first-order valence-electron chi connectivity index (χ1n) is 15.1. The van der Waals surface area contributed by atoms with Crippen LogP contribution in [0.2, 0.25) is 0 Å². The lowest BCUT2D eigenvalue weighted by Crippen LogP contribution is -2.25. The van der Waals surface area contributed by atoms with E-state index in [-0.39, 0.29) is 17.6 Å². The molecule has 2 aliphatic heterocycles. The molecule has 5 heterocycles. The van der Waals surface area contributed by atoms with E-state index >= 15 is 0 Å². The summed E-state index contributed by atoms with van der Waals surface area (Å²) in [7, 11) is 1.29. The number of carbonyl (C=O) groups excluding carboxylic acids is 2. The van der Waals surface area contributed by atoms with Crippen molar-refractivity contribution < 1.29 is 14.3 Å². The van der Waals surface area contributed by atoms with Crippen LogP contribution in [0.4, 0.5) is 0 Å². The van der Waals surface area contributed by atoms with Gasteiger partial charge in [0.15, 0.2) is 5.78 Å². The smallest absolute Gasteiger partial charge is 0.321 e. The molecule has 0 spiro atoms. The van der Waals surface area contributed by atoms with Gasteiger partial charge in [-0.1, -0.05) is 39.8 Å². The monoisotopic (exact) mass is 579 g/mol. The molecule has 224 valence electrons. The van der Waals surface area contributed by atoms with Crippen LogP contribution in [0.3, 0.4) is 0 Å². The number of rotatable bonds is 5. The Balaban J connectivity index is 1.78. The van der Waals surface area contributed by atoms with Crippen LogP contribution in [0.5, 0.6) is 0 Å². The van der Waals surface area contributed by atoms with Crippen molar-refractivity contribution in [1.82, 2.24) is 20.0 Å². The fourth-order valence-electron chi connectivity index (χ4n) is 7.43. The van der Waals surface area contributed by atoms with E-state index in [0.29, 0.717) is 28.2 Å². The highest BCUT2D eigenvalue weighted by atomic mass is 16.5. The molecule has 0 radical (unpaired) electrons. The number of hydrogen-bond donors (Lipinski definition) is 3. The predicted molar refractivity (Wildman–Crippen MR) is 170 cm³/mol. The van der Waals surface area contributed by atoms with E-state index in [2.05, 4.69) is 55.3 Å². The highest BCUT2D eigenvalue weighted by Gasteiger charge is 2.49. The third-order valence-corrected chi connectivity index (χ3v) is 9.79. The summed E-state index contributed by atoms with van der Waals surface area (Å²) in [6.45, 7) is 16.4. The van der Waals surface area contributed by atoms with Gasteiger partial charge in [0.05, 0.1) is 12.8 Å². The second-order valence-corrected chi connectivity index (χ2v) is 12.0. The number of methoxy groups -OCH3 is 1. The van der Waals surface area contributed by atoms with Crippen LogP contribution in [0.15, 0.2) is 18.0 Å². The third-order valence-electron chi connectivity index (χ3n) is 9.79. The standard InChI is InChI=1S/C35H39N4O4/c1-9-12-22-18(6)28-15-25-17(5)21(11-3)26(37-25)13-23-16(4)20(10-2)27(36-23)14-24-19(7)29-32(38-24)30(33(22)39(28)42)31(34(29)40)35(41)43-8/h11,13-15,18,22,31,36-38H,3,9-10,12H2,1-2,4-8H3/q-1/b23-13-,27-14-,28-15-,33-30?/t18-,22-,31+/m0/s1. The van der Waals surface area contributed by atoms with Gasteiger partial charge in [0, 0.05) is 67.7 Å². The highest BCUT2D eigenvalue weighted by molar-refractivity contribution is 6.24. The highest BCUT2D eigenvalue weighted by Crippen LogP contribution is 2.52. The molecule has 1 saturated heterocycles. The Bertz CT molecular complexity index is 1890. The Hall–Kier alpha value is -4.30. The van der Waals surface area contributed by atoms with Crippen LogP contribution in [-0.2, 0) is 16.0 Å². The van der Waals surface area contributed by atoms with Crippen molar-refractivity contribution in [2.45, 2.75) is 60.8 Å². The number of Topliss-reactive ketones (excluding diaryl/α,β-unsaturated/α-hetero) is 1. The Kier molecular flexibility index (Phi) is 7.00. The molecule has 0 aromatic carbocycles. The lowest BCUT2D eigenvalue weighted by Gasteiger charge is -2.32. The SMILES string of the molecule is C=Cc1c2[nH]c(c1C)/C=C1/[C@@H](C)[C@H](CCC)C(=C3c4[nH]c(c(C)c4C(=O)[C@@H]3C(=O)OC)/C=c3\[nH]/c(c(C)c3CC)=C\2)N1[O-]. The quantitative estimate of drug-likeness (QED) is 0.277. The first kappa shape index (κ1) is 28.8. The average molecular weight is 580 g/mol. The first-order chi connectivity index (χ1) is 20.6.